The van der Waals surface area contributed by atoms with Crippen LogP contribution in [-0.2, 0) is 6.54 Å². The van der Waals surface area contributed by atoms with Gasteiger partial charge in [-0.15, -0.1) is 0 Å². The summed E-state index contributed by atoms with van der Waals surface area (Å²) in [6, 6.07) is 9.81. The number of fused-ring (bicyclic) bond motifs is 1. The zero-order valence-corrected chi connectivity index (χ0v) is 12.6. The first-order valence-corrected chi connectivity index (χ1v) is 7.31. The fraction of sp³-hybridized carbons (Fsp3) is 0.176. The Morgan fingerprint density at radius 3 is 3.00 bits per heavy atom. The highest BCUT2D eigenvalue weighted by Crippen LogP contribution is 2.19. The molecule has 118 valence electrons. The van der Waals surface area contributed by atoms with Crippen molar-refractivity contribution in [2.45, 2.75) is 13.5 Å². The van der Waals surface area contributed by atoms with Crippen LogP contribution >= 0.6 is 0 Å². The molecule has 0 bridgehead atoms. The number of hydrogen-bond acceptors (Lipinski definition) is 3. The molecule has 0 atom stereocenters. The number of aromatic nitrogens is 2. The van der Waals surface area contributed by atoms with E-state index in [1.165, 1.54) is 12.1 Å². The number of carbonyl (C=O) groups is 1. The summed E-state index contributed by atoms with van der Waals surface area (Å²) in [4.78, 5) is 19.3. The molecule has 3 aromatic rings. The van der Waals surface area contributed by atoms with Gasteiger partial charge >= 0.3 is 0 Å². The van der Waals surface area contributed by atoms with Crippen molar-refractivity contribution in [2.24, 2.45) is 0 Å². The molecule has 0 radical (unpaired) electrons. The first-order valence-electron chi connectivity index (χ1n) is 7.31. The Balaban J connectivity index is 1.75. The van der Waals surface area contributed by atoms with Crippen LogP contribution in [0.3, 0.4) is 0 Å². The van der Waals surface area contributed by atoms with Crippen molar-refractivity contribution in [3.8, 4) is 5.88 Å². The van der Waals surface area contributed by atoms with E-state index in [-0.39, 0.29) is 18.3 Å². The number of aromatic amines is 1. The van der Waals surface area contributed by atoms with Gasteiger partial charge in [-0.25, -0.2) is 9.37 Å². The zero-order valence-electron chi connectivity index (χ0n) is 12.6. The van der Waals surface area contributed by atoms with Crippen LogP contribution in [0.1, 0.15) is 23.0 Å². The summed E-state index contributed by atoms with van der Waals surface area (Å²) < 4.78 is 19.1. The summed E-state index contributed by atoms with van der Waals surface area (Å²) in [5.74, 6) is -0.173. The first-order chi connectivity index (χ1) is 11.2. The lowest BCUT2D eigenvalue weighted by atomic mass is 10.2. The summed E-state index contributed by atoms with van der Waals surface area (Å²) in [5, 5.41) is 3.18. The van der Waals surface area contributed by atoms with Gasteiger partial charge in [0.15, 0.2) is 0 Å². The molecule has 0 unspecified atom stereocenters. The molecule has 1 aromatic carbocycles. The number of halogens is 1. The average molecular weight is 313 g/mol. The van der Waals surface area contributed by atoms with E-state index in [1.807, 2.05) is 13.0 Å². The number of nitrogens with zero attached hydrogens (tertiary/aromatic N) is 1. The molecule has 0 saturated heterocycles. The Labute approximate surface area is 132 Å². The largest absolute Gasteiger partial charge is 0.478 e. The third-order valence-electron chi connectivity index (χ3n) is 3.43. The highest BCUT2D eigenvalue weighted by molar-refractivity contribution is 5.98. The summed E-state index contributed by atoms with van der Waals surface area (Å²) in [5.41, 5.74) is 1.68. The average Bonchev–Trinajstić information content (AvgIpc) is 3.00. The Morgan fingerprint density at radius 1 is 1.35 bits per heavy atom. The van der Waals surface area contributed by atoms with Crippen LogP contribution in [0.4, 0.5) is 4.39 Å². The minimum Gasteiger partial charge on any atom is -0.478 e. The number of H-pyrrole nitrogens is 1. The second kappa shape index (κ2) is 6.48. The predicted octanol–water partition coefficient (Wildman–Crippen LogP) is 3.03. The highest BCUT2D eigenvalue weighted by atomic mass is 19.1. The van der Waals surface area contributed by atoms with Gasteiger partial charge in [0.05, 0.1) is 6.61 Å². The second-order valence-electron chi connectivity index (χ2n) is 4.97. The standard InChI is InChI=1S/C17H16FN3O2/c1-2-23-17-11(5-4-8-19-17)10-20-16(22)15-9-12-13(18)6-3-7-14(12)21-15/h3-9,21H,2,10H2,1H3,(H,20,22). The summed E-state index contributed by atoms with van der Waals surface area (Å²) in [6.07, 6.45) is 1.64. The number of carbonyl (C=O) groups excluding carboxylic acids is 1. The minimum atomic E-state index is -0.358. The van der Waals surface area contributed by atoms with Gasteiger partial charge in [0.25, 0.3) is 5.91 Å². The van der Waals surface area contributed by atoms with Crippen molar-refractivity contribution in [3.05, 3.63) is 59.7 Å². The van der Waals surface area contributed by atoms with Crippen LogP contribution in [0.2, 0.25) is 0 Å². The van der Waals surface area contributed by atoms with Crippen molar-refractivity contribution >= 4 is 16.8 Å². The first kappa shape index (κ1) is 15.0. The summed E-state index contributed by atoms with van der Waals surface area (Å²) >= 11 is 0. The number of hydrogen-bond donors (Lipinski definition) is 2. The monoisotopic (exact) mass is 313 g/mol. The number of nitrogens with one attached hydrogen (secondary N) is 2. The van der Waals surface area contributed by atoms with E-state index < -0.39 is 0 Å². The Kier molecular flexibility index (Phi) is 4.23. The van der Waals surface area contributed by atoms with E-state index in [0.29, 0.717) is 29.1 Å². The molecule has 1 amide bonds. The Hall–Kier alpha value is -2.89. The number of ether oxygens (including phenoxy) is 1. The third-order valence-corrected chi connectivity index (χ3v) is 3.43. The molecule has 2 heterocycles. The van der Waals surface area contributed by atoms with Crippen LogP contribution < -0.4 is 10.1 Å². The Bertz CT molecular complexity index is 845. The second-order valence-corrected chi connectivity index (χ2v) is 4.97. The van der Waals surface area contributed by atoms with E-state index in [4.69, 9.17) is 4.74 Å². The fourth-order valence-electron chi connectivity index (χ4n) is 2.34. The van der Waals surface area contributed by atoms with Gasteiger partial charge in [-0.2, -0.15) is 0 Å². The maximum Gasteiger partial charge on any atom is 0.268 e. The van der Waals surface area contributed by atoms with E-state index in [0.717, 1.165) is 5.56 Å². The van der Waals surface area contributed by atoms with E-state index in [2.05, 4.69) is 15.3 Å². The molecule has 0 aliphatic rings. The van der Waals surface area contributed by atoms with Crippen LogP contribution in [0, 0.1) is 5.82 Å². The highest BCUT2D eigenvalue weighted by Gasteiger charge is 2.12. The van der Waals surface area contributed by atoms with Crippen molar-refractivity contribution in [1.82, 2.24) is 15.3 Å². The molecule has 23 heavy (non-hydrogen) atoms. The summed E-state index contributed by atoms with van der Waals surface area (Å²) in [7, 11) is 0. The van der Waals surface area contributed by atoms with Gasteiger partial charge in [0.2, 0.25) is 5.88 Å². The maximum absolute atomic E-state index is 13.7. The van der Waals surface area contributed by atoms with E-state index in [1.54, 1.807) is 24.4 Å². The Morgan fingerprint density at radius 2 is 2.22 bits per heavy atom. The molecular weight excluding hydrogens is 297 g/mol. The normalized spacial score (nSPS) is 10.7. The van der Waals surface area contributed by atoms with Crippen LogP contribution in [0.25, 0.3) is 10.9 Å². The number of pyridine rings is 1. The molecule has 0 spiro atoms. The maximum atomic E-state index is 13.7. The van der Waals surface area contributed by atoms with Gasteiger partial charge in [-0.05, 0) is 31.2 Å². The smallest absolute Gasteiger partial charge is 0.268 e. The molecule has 0 fully saturated rings. The van der Waals surface area contributed by atoms with E-state index >= 15 is 0 Å². The lowest BCUT2D eigenvalue weighted by molar-refractivity contribution is 0.0946. The van der Waals surface area contributed by atoms with Gasteiger partial charge in [-0.3, -0.25) is 4.79 Å². The third kappa shape index (κ3) is 3.15. The molecule has 0 aliphatic carbocycles. The van der Waals surface area contributed by atoms with Crippen LogP contribution in [0.5, 0.6) is 5.88 Å². The number of benzene rings is 1. The van der Waals surface area contributed by atoms with Crippen molar-refractivity contribution in [1.29, 1.82) is 0 Å². The van der Waals surface area contributed by atoms with E-state index in [9.17, 15) is 9.18 Å². The molecule has 0 saturated carbocycles. The minimum absolute atomic E-state index is 0.278. The van der Waals surface area contributed by atoms with Crippen LogP contribution in [0.15, 0.2) is 42.6 Å². The lowest BCUT2D eigenvalue weighted by Crippen LogP contribution is -2.23. The van der Waals surface area contributed by atoms with Gasteiger partial charge in [0.1, 0.15) is 11.5 Å². The predicted molar refractivity (Wildman–Crippen MR) is 84.8 cm³/mol. The topological polar surface area (TPSA) is 67.0 Å². The molecule has 2 aromatic heterocycles. The van der Waals surface area contributed by atoms with Crippen molar-refractivity contribution in [2.75, 3.05) is 6.61 Å². The molecule has 2 N–H and O–H groups in total. The number of rotatable bonds is 5. The van der Waals surface area contributed by atoms with Crippen molar-refractivity contribution in [3.63, 3.8) is 0 Å². The molecule has 6 heteroatoms. The summed E-state index contributed by atoms with van der Waals surface area (Å²) in [6.45, 7) is 2.65. The number of amides is 1. The van der Waals surface area contributed by atoms with Gasteiger partial charge < -0.3 is 15.0 Å². The quantitative estimate of drug-likeness (QED) is 0.761. The molecule has 3 rings (SSSR count). The molecule has 5 nitrogen and oxygen atoms in total. The van der Waals surface area contributed by atoms with Crippen LogP contribution in [-0.4, -0.2) is 22.5 Å². The lowest BCUT2D eigenvalue weighted by Gasteiger charge is -2.09. The van der Waals surface area contributed by atoms with Gasteiger partial charge in [0, 0.05) is 29.2 Å². The fourth-order valence-corrected chi connectivity index (χ4v) is 2.34. The van der Waals surface area contributed by atoms with Gasteiger partial charge in [-0.1, -0.05) is 12.1 Å². The van der Waals surface area contributed by atoms with Crippen molar-refractivity contribution < 1.29 is 13.9 Å². The SMILES string of the molecule is CCOc1ncccc1CNC(=O)c1cc2c(F)cccc2[nH]1. The zero-order chi connectivity index (χ0) is 16.2. The molecule has 0 aliphatic heterocycles. The molecular formula is C17H16FN3O2.